The first-order valence-corrected chi connectivity index (χ1v) is 14.2. The van der Waals surface area contributed by atoms with Crippen molar-refractivity contribution in [3.63, 3.8) is 0 Å². The summed E-state index contributed by atoms with van der Waals surface area (Å²) in [5.74, 6) is 0.410. The number of piperidine rings is 1. The minimum absolute atomic E-state index is 0.102. The van der Waals surface area contributed by atoms with E-state index in [2.05, 4.69) is 30.6 Å². The van der Waals surface area contributed by atoms with Crippen LogP contribution in [0.1, 0.15) is 29.0 Å². The topological polar surface area (TPSA) is 110 Å². The standard InChI is InChI=1S/C27H28N6O3S2/c34-22(15-19-7-3-1-4-8-19)17-24-29-32-27(37-24)36-18-21-11-13-33(14-12-21)26-31-30-25(38-26)28-23(35)16-20-9-5-2-6-10-20/h1-10,21H,11-18H2,(H,28,30,35). The molecule has 196 valence electrons. The van der Waals surface area contributed by atoms with Gasteiger partial charge in [-0.2, -0.15) is 0 Å². The van der Waals surface area contributed by atoms with Crippen LogP contribution in [0.25, 0.3) is 0 Å². The van der Waals surface area contributed by atoms with Crippen molar-refractivity contribution in [2.45, 2.75) is 32.1 Å². The van der Waals surface area contributed by atoms with Crippen LogP contribution in [0.3, 0.4) is 0 Å². The van der Waals surface area contributed by atoms with Gasteiger partial charge >= 0.3 is 0 Å². The Morgan fingerprint density at radius 1 is 0.842 bits per heavy atom. The lowest BCUT2D eigenvalue weighted by atomic mass is 9.98. The molecule has 0 unspecified atom stereocenters. The summed E-state index contributed by atoms with van der Waals surface area (Å²) in [6.07, 6.45) is 2.88. The van der Waals surface area contributed by atoms with Gasteiger partial charge in [0, 0.05) is 19.5 Å². The van der Waals surface area contributed by atoms with Gasteiger partial charge in [-0.15, -0.1) is 20.4 Å². The molecule has 0 aliphatic carbocycles. The van der Waals surface area contributed by atoms with Gasteiger partial charge in [0.05, 0.1) is 19.4 Å². The highest BCUT2D eigenvalue weighted by molar-refractivity contribution is 7.19. The van der Waals surface area contributed by atoms with Crippen LogP contribution in [0.15, 0.2) is 60.7 Å². The molecule has 0 saturated carbocycles. The predicted octanol–water partition coefficient (Wildman–Crippen LogP) is 4.22. The number of hydrogen-bond acceptors (Lipinski definition) is 10. The van der Waals surface area contributed by atoms with Gasteiger partial charge in [0.15, 0.2) is 0 Å². The molecule has 0 spiro atoms. The van der Waals surface area contributed by atoms with Crippen LogP contribution in [-0.4, -0.2) is 51.8 Å². The molecule has 0 radical (unpaired) electrons. The van der Waals surface area contributed by atoms with Crippen LogP contribution in [0.4, 0.5) is 10.3 Å². The summed E-state index contributed by atoms with van der Waals surface area (Å²) in [5, 5.41) is 22.0. The van der Waals surface area contributed by atoms with E-state index in [1.165, 1.54) is 22.7 Å². The SMILES string of the molecule is O=C(Cc1ccccc1)Cc1nnc(OCC2CCN(c3nnc(NC(=O)Cc4ccccc4)s3)CC2)s1. The predicted molar refractivity (Wildman–Crippen MR) is 148 cm³/mol. The summed E-state index contributed by atoms with van der Waals surface area (Å²) >= 11 is 2.73. The Labute approximate surface area is 228 Å². The van der Waals surface area contributed by atoms with E-state index in [0.29, 0.717) is 40.7 Å². The van der Waals surface area contributed by atoms with Crippen molar-refractivity contribution in [2.75, 3.05) is 29.9 Å². The molecule has 1 N–H and O–H groups in total. The quantitative estimate of drug-likeness (QED) is 0.297. The van der Waals surface area contributed by atoms with Crippen molar-refractivity contribution in [2.24, 2.45) is 5.92 Å². The number of amides is 1. The van der Waals surface area contributed by atoms with Crippen LogP contribution < -0.4 is 15.0 Å². The fourth-order valence-electron chi connectivity index (χ4n) is 4.24. The molecule has 38 heavy (non-hydrogen) atoms. The summed E-state index contributed by atoms with van der Waals surface area (Å²) in [4.78, 5) is 26.8. The maximum Gasteiger partial charge on any atom is 0.294 e. The van der Waals surface area contributed by atoms with Gasteiger partial charge < -0.3 is 15.0 Å². The summed E-state index contributed by atoms with van der Waals surface area (Å²) in [6.45, 7) is 2.25. The third kappa shape index (κ3) is 7.42. The molecule has 1 fully saturated rings. The molecule has 5 rings (SSSR count). The number of rotatable bonds is 11. The molecule has 1 aliphatic heterocycles. The van der Waals surface area contributed by atoms with Crippen molar-refractivity contribution in [1.82, 2.24) is 20.4 Å². The molecule has 2 aromatic carbocycles. The average molecular weight is 549 g/mol. The van der Waals surface area contributed by atoms with Crippen LogP contribution in [0.5, 0.6) is 5.19 Å². The Bertz CT molecular complexity index is 1340. The second kappa shape index (κ2) is 12.7. The number of aromatic nitrogens is 4. The number of carbonyl (C=O) groups excluding carboxylic acids is 2. The van der Waals surface area contributed by atoms with Crippen LogP contribution in [0.2, 0.25) is 0 Å². The van der Waals surface area contributed by atoms with E-state index in [-0.39, 0.29) is 18.1 Å². The number of nitrogens with zero attached hydrogens (tertiary/aromatic N) is 5. The largest absolute Gasteiger partial charge is 0.469 e. The molecule has 1 saturated heterocycles. The van der Waals surface area contributed by atoms with Crippen LogP contribution in [-0.2, 0) is 28.9 Å². The fourth-order valence-corrected chi connectivity index (χ4v) is 5.78. The Hall–Kier alpha value is -3.70. The zero-order valence-electron chi connectivity index (χ0n) is 20.8. The molecule has 3 heterocycles. The van der Waals surface area contributed by atoms with Gasteiger partial charge in [-0.05, 0) is 29.9 Å². The Morgan fingerprint density at radius 2 is 1.53 bits per heavy atom. The minimum atomic E-state index is -0.102. The van der Waals surface area contributed by atoms with E-state index in [0.717, 1.165) is 42.2 Å². The van der Waals surface area contributed by atoms with Crippen LogP contribution >= 0.6 is 22.7 Å². The summed E-state index contributed by atoms with van der Waals surface area (Å²) in [6, 6.07) is 19.3. The number of benzene rings is 2. The van der Waals surface area contributed by atoms with Gasteiger partial charge in [0.25, 0.3) is 5.19 Å². The minimum Gasteiger partial charge on any atom is -0.469 e. The summed E-state index contributed by atoms with van der Waals surface area (Å²) in [7, 11) is 0. The number of hydrogen-bond donors (Lipinski definition) is 1. The maximum absolute atomic E-state index is 12.3. The third-order valence-electron chi connectivity index (χ3n) is 6.24. The van der Waals surface area contributed by atoms with Gasteiger partial charge in [-0.3, -0.25) is 9.59 Å². The van der Waals surface area contributed by atoms with Crippen LogP contribution in [0, 0.1) is 5.92 Å². The monoisotopic (exact) mass is 548 g/mol. The van der Waals surface area contributed by atoms with Gasteiger partial charge in [-0.1, -0.05) is 83.3 Å². The summed E-state index contributed by atoms with van der Waals surface area (Å²) in [5.41, 5.74) is 1.96. The second-order valence-corrected chi connectivity index (χ2v) is 11.2. The molecule has 0 bridgehead atoms. The maximum atomic E-state index is 12.3. The zero-order chi connectivity index (χ0) is 26.2. The number of carbonyl (C=O) groups is 2. The lowest BCUT2D eigenvalue weighted by Crippen LogP contribution is -2.35. The zero-order valence-corrected chi connectivity index (χ0v) is 22.4. The Kier molecular flexibility index (Phi) is 8.67. The average Bonchev–Trinajstić information content (AvgIpc) is 3.58. The van der Waals surface area contributed by atoms with Crippen molar-refractivity contribution in [3.8, 4) is 5.19 Å². The first-order chi connectivity index (χ1) is 18.6. The molecule has 0 atom stereocenters. The van der Waals surface area contributed by atoms with Gasteiger partial charge in [0.2, 0.25) is 16.2 Å². The van der Waals surface area contributed by atoms with E-state index in [4.69, 9.17) is 4.74 Å². The van der Waals surface area contributed by atoms with E-state index in [1.807, 2.05) is 60.7 Å². The molecule has 1 aliphatic rings. The van der Waals surface area contributed by atoms with Gasteiger partial charge in [-0.25, -0.2) is 0 Å². The molecule has 11 heteroatoms. The molecule has 1 amide bonds. The summed E-state index contributed by atoms with van der Waals surface area (Å²) < 4.78 is 5.91. The van der Waals surface area contributed by atoms with Crippen molar-refractivity contribution < 1.29 is 14.3 Å². The highest BCUT2D eigenvalue weighted by Crippen LogP contribution is 2.29. The van der Waals surface area contributed by atoms with Crippen molar-refractivity contribution in [1.29, 1.82) is 0 Å². The molecular formula is C27H28N6O3S2. The highest BCUT2D eigenvalue weighted by atomic mass is 32.1. The second-order valence-electron chi connectivity index (χ2n) is 9.18. The lowest BCUT2D eigenvalue weighted by molar-refractivity contribution is -0.118. The first kappa shape index (κ1) is 25.9. The number of ketones is 1. The van der Waals surface area contributed by atoms with E-state index in [9.17, 15) is 9.59 Å². The number of ether oxygens (including phenoxy) is 1. The third-order valence-corrected chi connectivity index (χ3v) is 7.97. The Balaban J connectivity index is 1.02. The molecule has 9 nitrogen and oxygen atoms in total. The van der Waals surface area contributed by atoms with Gasteiger partial charge in [0.1, 0.15) is 10.8 Å². The van der Waals surface area contributed by atoms with Crippen molar-refractivity contribution in [3.05, 3.63) is 76.8 Å². The normalized spacial score (nSPS) is 13.8. The molecule has 2 aromatic heterocycles. The van der Waals surface area contributed by atoms with E-state index >= 15 is 0 Å². The van der Waals surface area contributed by atoms with E-state index < -0.39 is 0 Å². The first-order valence-electron chi connectivity index (χ1n) is 12.5. The smallest absolute Gasteiger partial charge is 0.294 e. The highest BCUT2D eigenvalue weighted by Gasteiger charge is 2.23. The van der Waals surface area contributed by atoms with E-state index in [1.54, 1.807) is 0 Å². The Morgan fingerprint density at radius 3 is 2.24 bits per heavy atom. The molecule has 4 aromatic rings. The number of nitrogens with one attached hydrogen (secondary N) is 1. The molecular weight excluding hydrogens is 520 g/mol. The lowest BCUT2D eigenvalue weighted by Gasteiger charge is -2.30. The van der Waals surface area contributed by atoms with Crippen molar-refractivity contribution >= 4 is 44.6 Å². The number of Topliss-reactive ketones (excluding diaryl/α,β-unsaturated/α-hetero) is 1. The fraction of sp³-hybridized carbons (Fsp3) is 0.333. The number of anilines is 2.